The van der Waals surface area contributed by atoms with Crippen LogP contribution in [-0.2, 0) is 11.3 Å². The zero-order valence-electron chi connectivity index (χ0n) is 11.6. The molecule has 2 heteroatoms. The van der Waals surface area contributed by atoms with E-state index in [1.165, 1.54) is 25.7 Å². The molecule has 0 fully saturated rings. The first-order valence-corrected chi connectivity index (χ1v) is 7.14. The Morgan fingerprint density at radius 3 is 2.74 bits per heavy atom. The summed E-state index contributed by atoms with van der Waals surface area (Å²) in [6.07, 6.45) is 10.8. The summed E-state index contributed by atoms with van der Waals surface area (Å²) in [5, 5.41) is 0. The molecule has 0 bridgehead atoms. The number of allylic oxidation sites excluding steroid dienone is 1. The van der Waals surface area contributed by atoms with E-state index in [4.69, 9.17) is 4.74 Å². The number of carbonyl (C=O) groups excluding carboxylic acids is 1. The van der Waals surface area contributed by atoms with Crippen LogP contribution in [0.25, 0.3) is 0 Å². The summed E-state index contributed by atoms with van der Waals surface area (Å²) in [5.74, 6) is 0.107. The maximum Gasteiger partial charge on any atom is 0.159 e. The van der Waals surface area contributed by atoms with Gasteiger partial charge in [-0.1, -0.05) is 49.3 Å². The molecule has 19 heavy (non-hydrogen) atoms. The number of hydrogen-bond acceptors (Lipinski definition) is 2. The Balaban J connectivity index is 1.86. The molecule has 1 aromatic rings. The molecule has 0 aromatic heterocycles. The second-order valence-electron chi connectivity index (χ2n) is 5.17. The van der Waals surface area contributed by atoms with Crippen molar-refractivity contribution in [3.63, 3.8) is 0 Å². The van der Waals surface area contributed by atoms with Crippen molar-refractivity contribution in [2.45, 2.75) is 51.7 Å². The standard InChI is InChI=1S/C17H22O2/c1-14(18)16-11-9-15(10-12-16)13-19-17-7-5-3-2-4-6-8-17/h5,7,9-12,17H,2-4,6,8,13H2,1H3/b7-5-. The van der Waals surface area contributed by atoms with E-state index in [0.29, 0.717) is 6.61 Å². The van der Waals surface area contributed by atoms with Crippen LogP contribution in [0.5, 0.6) is 0 Å². The molecule has 1 aliphatic rings. The topological polar surface area (TPSA) is 26.3 Å². The quantitative estimate of drug-likeness (QED) is 0.594. The van der Waals surface area contributed by atoms with Gasteiger partial charge in [-0.15, -0.1) is 0 Å². The van der Waals surface area contributed by atoms with E-state index in [2.05, 4.69) is 12.2 Å². The molecular formula is C17H22O2. The van der Waals surface area contributed by atoms with Gasteiger partial charge in [-0.3, -0.25) is 4.79 Å². The zero-order valence-corrected chi connectivity index (χ0v) is 11.6. The Hall–Kier alpha value is -1.41. The largest absolute Gasteiger partial charge is 0.369 e. The van der Waals surface area contributed by atoms with E-state index in [1.54, 1.807) is 6.92 Å². The van der Waals surface area contributed by atoms with Crippen molar-refractivity contribution in [2.24, 2.45) is 0 Å². The van der Waals surface area contributed by atoms with Gasteiger partial charge in [0, 0.05) is 5.56 Å². The third-order valence-electron chi connectivity index (χ3n) is 3.53. The molecule has 0 heterocycles. The molecule has 1 unspecified atom stereocenters. The normalized spacial score (nSPS) is 21.4. The fourth-order valence-electron chi connectivity index (χ4n) is 2.31. The van der Waals surface area contributed by atoms with Gasteiger partial charge in [-0.2, -0.15) is 0 Å². The molecule has 0 amide bonds. The van der Waals surface area contributed by atoms with Crippen LogP contribution in [0.1, 0.15) is 54.9 Å². The summed E-state index contributed by atoms with van der Waals surface area (Å²) in [7, 11) is 0. The van der Waals surface area contributed by atoms with Gasteiger partial charge in [0.05, 0.1) is 12.7 Å². The molecule has 102 valence electrons. The van der Waals surface area contributed by atoms with E-state index in [0.717, 1.165) is 17.5 Å². The van der Waals surface area contributed by atoms with Crippen molar-refractivity contribution >= 4 is 5.78 Å². The van der Waals surface area contributed by atoms with E-state index < -0.39 is 0 Å². The Kier molecular flexibility index (Phi) is 5.34. The van der Waals surface area contributed by atoms with Crippen LogP contribution in [0.15, 0.2) is 36.4 Å². The first-order valence-electron chi connectivity index (χ1n) is 7.14. The van der Waals surface area contributed by atoms with Gasteiger partial charge >= 0.3 is 0 Å². The fourth-order valence-corrected chi connectivity index (χ4v) is 2.31. The summed E-state index contributed by atoms with van der Waals surface area (Å²) in [4.78, 5) is 11.2. The average molecular weight is 258 g/mol. The van der Waals surface area contributed by atoms with Crippen LogP contribution in [0.2, 0.25) is 0 Å². The molecule has 0 aliphatic heterocycles. The Morgan fingerprint density at radius 1 is 1.21 bits per heavy atom. The van der Waals surface area contributed by atoms with E-state index in [1.807, 2.05) is 24.3 Å². The number of Topliss-reactive ketones (excluding diaryl/α,β-unsaturated/α-hetero) is 1. The Morgan fingerprint density at radius 2 is 2.00 bits per heavy atom. The highest BCUT2D eigenvalue weighted by atomic mass is 16.5. The minimum atomic E-state index is 0.107. The monoisotopic (exact) mass is 258 g/mol. The second kappa shape index (κ2) is 7.25. The molecule has 0 N–H and O–H groups in total. The highest BCUT2D eigenvalue weighted by Gasteiger charge is 2.07. The predicted molar refractivity (Wildman–Crippen MR) is 77.2 cm³/mol. The lowest BCUT2D eigenvalue weighted by Crippen LogP contribution is -2.11. The lowest BCUT2D eigenvalue weighted by Gasteiger charge is -2.16. The number of ether oxygens (including phenoxy) is 1. The van der Waals surface area contributed by atoms with Crippen LogP contribution in [0.4, 0.5) is 0 Å². The van der Waals surface area contributed by atoms with Gasteiger partial charge < -0.3 is 4.74 Å². The first-order chi connectivity index (χ1) is 9.25. The first kappa shape index (κ1) is 14.0. The van der Waals surface area contributed by atoms with Crippen molar-refractivity contribution in [3.8, 4) is 0 Å². The van der Waals surface area contributed by atoms with E-state index in [-0.39, 0.29) is 11.9 Å². The molecule has 1 aromatic carbocycles. The van der Waals surface area contributed by atoms with Gasteiger partial charge in [0.1, 0.15) is 0 Å². The van der Waals surface area contributed by atoms with Crippen LogP contribution in [-0.4, -0.2) is 11.9 Å². The number of hydrogen-bond donors (Lipinski definition) is 0. The third kappa shape index (κ3) is 4.64. The minimum Gasteiger partial charge on any atom is -0.369 e. The van der Waals surface area contributed by atoms with Crippen molar-refractivity contribution in [3.05, 3.63) is 47.5 Å². The lowest BCUT2D eigenvalue weighted by atomic mass is 10.0. The van der Waals surface area contributed by atoms with Gasteiger partial charge in [-0.25, -0.2) is 0 Å². The third-order valence-corrected chi connectivity index (χ3v) is 3.53. The summed E-state index contributed by atoms with van der Waals surface area (Å²) < 4.78 is 5.93. The molecule has 2 rings (SSSR count). The maximum atomic E-state index is 11.2. The van der Waals surface area contributed by atoms with Crippen molar-refractivity contribution < 1.29 is 9.53 Å². The molecule has 2 nitrogen and oxygen atoms in total. The van der Waals surface area contributed by atoms with Crippen molar-refractivity contribution in [1.29, 1.82) is 0 Å². The van der Waals surface area contributed by atoms with Crippen molar-refractivity contribution in [1.82, 2.24) is 0 Å². The summed E-state index contributed by atoms with van der Waals surface area (Å²) in [6, 6.07) is 7.69. The summed E-state index contributed by atoms with van der Waals surface area (Å²) in [5.41, 5.74) is 1.88. The molecule has 0 saturated heterocycles. The maximum absolute atomic E-state index is 11.2. The summed E-state index contributed by atoms with van der Waals surface area (Å²) >= 11 is 0. The van der Waals surface area contributed by atoms with Crippen LogP contribution in [0, 0.1) is 0 Å². The smallest absolute Gasteiger partial charge is 0.159 e. The number of rotatable bonds is 4. The van der Waals surface area contributed by atoms with Gasteiger partial charge in [0.25, 0.3) is 0 Å². The Labute approximate surface area is 115 Å². The van der Waals surface area contributed by atoms with Crippen LogP contribution in [0.3, 0.4) is 0 Å². The van der Waals surface area contributed by atoms with E-state index >= 15 is 0 Å². The number of ketones is 1. The molecule has 1 atom stereocenters. The number of benzene rings is 1. The summed E-state index contributed by atoms with van der Waals surface area (Å²) in [6.45, 7) is 2.21. The number of carbonyl (C=O) groups is 1. The molecular weight excluding hydrogens is 236 g/mol. The predicted octanol–water partition coefficient (Wildman–Crippen LogP) is 4.29. The Bertz CT molecular complexity index is 431. The van der Waals surface area contributed by atoms with Crippen LogP contribution < -0.4 is 0 Å². The van der Waals surface area contributed by atoms with Gasteiger partial charge in [-0.05, 0) is 31.7 Å². The molecule has 1 aliphatic carbocycles. The van der Waals surface area contributed by atoms with E-state index in [9.17, 15) is 4.79 Å². The fraction of sp³-hybridized carbons (Fsp3) is 0.471. The molecule has 0 radical (unpaired) electrons. The zero-order chi connectivity index (χ0) is 13.5. The lowest BCUT2D eigenvalue weighted by molar-refractivity contribution is 0.0638. The SMILES string of the molecule is CC(=O)c1ccc(COC2/C=C\CCCCC2)cc1. The van der Waals surface area contributed by atoms with Crippen LogP contribution >= 0.6 is 0 Å². The van der Waals surface area contributed by atoms with Gasteiger partial charge in [0.2, 0.25) is 0 Å². The van der Waals surface area contributed by atoms with Gasteiger partial charge in [0.15, 0.2) is 5.78 Å². The second-order valence-corrected chi connectivity index (χ2v) is 5.17. The van der Waals surface area contributed by atoms with Crippen molar-refractivity contribution in [2.75, 3.05) is 0 Å². The highest BCUT2D eigenvalue weighted by Crippen LogP contribution is 2.16. The molecule has 0 spiro atoms. The molecule has 0 saturated carbocycles. The average Bonchev–Trinajstić information content (AvgIpc) is 2.38. The highest BCUT2D eigenvalue weighted by molar-refractivity contribution is 5.93. The minimum absolute atomic E-state index is 0.107.